The third kappa shape index (κ3) is 5.34. The molecule has 0 amide bonds. The fraction of sp³-hybridized carbons (Fsp3) is 0.500. The highest BCUT2D eigenvalue weighted by molar-refractivity contribution is 5.79. The summed E-state index contributed by atoms with van der Waals surface area (Å²) in [6.45, 7) is 12.1. The highest BCUT2D eigenvalue weighted by Crippen LogP contribution is 2.22. The van der Waals surface area contributed by atoms with Crippen LogP contribution in [0.15, 0.2) is 39.8 Å². The predicted molar refractivity (Wildman–Crippen MR) is 103 cm³/mol. The van der Waals surface area contributed by atoms with Gasteiger partial charge in [0.15, 0.2) is 11.7 Å². The molecule has 0 aliphatic carbocycles. The molecular weight excluding hydrogens is 312 g/mol. The molecule has 5 heteroatoms. The molecule has 0 saturated carbocycles. The molecule has 1 aromatic heterocycles. The van der Waals surface area contributed by atoms with E-state index in [1.807, 2.05) is 6.07 Å². The standard InChI is InChI=1S/C20H30N4O/c1-14(2)18-11-17(25-24-18)12-22-19(21-6)23-13-20(4,5)16-9-7-15(3)8-10-16/h7-11,14H,12-13H2,1-6H3,(H2,21,22,23). The van der Waals surface area contributed by atoms with Crippen molar-refractivity contribution in [1.82, 2.24) is 15.8 Å². The van der Waals surface area contributed by atoms with Gasteiger partial charge in [-0.1, -0.05) is 62.7 Å². The fourth-order valence-corrected chi connectivity index (χ4v) is 2.49. The molecule has 5 nitrogen and oxygen atoms in total. The number of benzene rings is 1. The van der Waals surface area contributed by atoms with Gasteiger partial charge in [-0.3, -0.25) is 4.99 Å². The Balaban J connectivity index is 1.89. The van der Waals surface area contributed by atoms with E-state index in [0.29, 0.717) is 12.5 Å². The Bertz CT molecular complexity index is 699. The van der Waals surface area contributed by atoms with Crippen molar-refractivity contribution in [2.75, 3.05) is 13.6 Å². The average Bonchev–Trinajstić information content (AvgIpc) is 3.04. The molecule has 0 radical (unpaired) electrons. The molecule has 0 saturated heterocycles. The smallest absolute Gasteiger partial charge is 0.191 e. The van der Waals surface area contributed by atoms with Crippen molar-refractivity contribution in [3.63, 3.8) is 0 Å². The van der Waals surface area contributed by atoms with E-state index in [-0.39, 0.29) is 5.41 Å². The van der Waals surface area contributed by atoms with Gasteiger partial charge in [0.1, 0.15) is 0 Å². The van der Waals surface area contributed by atoms with E-state index in [1.165, 1.54) is 11.1 Å². The van der Waals surface area contributed by atoms with Crippen LogP contribution in [0.2, 0.25) is 0 Å². The Labute approximate surface area is 150 Å². The largest absolute Gasteiger partial charge is 0.359 e. The molecule has 0 aliphatic rings. The summed E-state index contributed by atoms with van der Waals surface area (Å²) >= 11 is 0. The summed E-state index contributed by atoms with van der Waals surface area (Å²) in [4.78, 5) is 4.29. The number of rotatable bonds is 6. The van der Waals surface area contributed by atoms with Crippen LogP contribution in [0.25, 0.3) is 0 Å². The van der Waals surface area contributed by atoms with Crippen LogP contribution in [0.3, 0.4) is 0 Å². The SMILES string of the molecule is CN=C(NCc1cc(C(C)C)no1)NCC(C)(C)c1ccc(C)cc1. The molecule has 0 fully saturated rings. The van der Waals surface area contributed by atoms with Gasteiger partial charge in [-0.2, -0.15) is 0 Å². The number of nitrogens with zero attached hydrogens (tertiary/aromatic N) is 2. The first-order valence-electron chi connectivity index (χ1n) is 8.79. The summed E-state index contributed by atoms with van der Waals surface area (Å²) < 4.78 is 5.35. The van der Waals surface area contributed by atoms with Gasteiger partial charge in [-0.25, -0.2) is 0 Å². The molecule has 0 atom stereocenters. The average molecular weight is 342 g/mol. The van der Waals surface area contributed by atoms with Gasteiger partial charge in [0.2, 0.25) is 0 Å². The third-order valence-electron chi connectivity index (χ3n) is 4.35. The molecule has 2 rings (SSSR count). The summed E-state index contributed by atoms with van der Waals surface area (Å²) in [6, 6.07) is 10.7. The van der Waals surface area contributed by atoms with E-state index in [0.717, 1.165) is 24.0 Å². The van der Waals surface area contributed by atoms with Crippen LogP contribution in [-0.2, 0) is 12.0 Å². The van der Waals surface area contributed by atoms with Gasteiger partial charge in [-0.15, -0.1) is 0 Å². The second kappa shape index (κ2) is 8.19. The lowest BCUT2D eigenvalue weighted by molar-refractivity contribution is 0.371. The van der Waals surface area contributed by atoms with Crippen LogP contribution in [-0.4, -0.2) is 24.7 Å². The molecule has 0 spiro atoms. The minimum Gasteiger partial charge on any atom is -0.359 e. The maximum Gasteiger partial charge on any atom is 0.191 e. The number of nitrogens with one attached hydrogen (secondary N) is 2. The van der Waals surface area contributed by atoms with E-state index in [1.54, 1.807) is 7.05 Å². The van der Waals surface area contributed by atoms with Crippen molar-refractivity contribution < 1.29 is 4.52 Å². The first-order chi connectivity index (χ1) is 11.8. The Morgan fingerprint density at radius 1 is 1.20 bits per heavy atom. The minimum atomic E-state index is 0.00235. The summed E-state index contributed by atoms with van der Waals surface area (Å²) in [5, 5.41) is 10.8. The fourth-order valence-electron chi connectivity index (χ4n) is 2.49. The zero-order valence-electron chi connectivity index (χ0n) is 16.2. The Kier molecular flexibility index (Phi) is 6.23. The van der Waals surface area contributed by atoms with Gasteiger partial charge in [-0.05, 0) is 18.4 Å². The van der Waals surface area contributed by atoms with Crippen LogP contribution < -0.4 is 10.6 Å². The van der Waals surface area contributed by atoms with Crippen LogP contribution in [0, 0.1) is 6.92 Å². The molecule has 25 heavy (non-hydrogen) atoms. The number of guanidine groups is 1. The number of hydrogen-bond acceptors (Lipinski definition) is 3. The summed E-state index contributed by atoms with van der Waals surface area (Å²) in [7, 11) is 1.77. The van der Waals surface area contributed by atoms with Crippen molar-refractivity contribution in [1.29, 1.82) is 0 Å². The second-order valence-corrected chi connectivity index (χ2v) is 7.40. The zero-order valence-corrected chi connectivity index (χ0v) is 16.2. The van der Waals surface area contributed by atoms with Crippen molar-refractivity contribution in [2.45, 2.75) is 52.5 Å². The van der Waals surface area contributed by atoms with Crippen molar-refractivity contribution in [3.05, 3.63) is 52.9 Å². The van der Waals surface area contributed by atoms with E-state index < -0.39 is 0 Å². The van der Waals surface area contributed by atoms with Gasteiger partial charge in [0.25, 0.3) is 0 Å². The van der Waals surface area contributed by atoms with Gasteiger partial charge >= 0.3 is 0 Å². The van der Waals surface area contributed by atoms with Gasteiger partial charge < -0.3 is 15.2 Å². The highest BCUT2D eigenvalue weighted by Gasteiger charge is 2.20. The van der Waals surface area contributed by atoms with Crippen molar-refractivity contribution in [3.8, 4) is 0 Å². The summed E-state index contributed by atoms with van der Waals surface area (Å²) in [5.74, 6) is 1.93. The molecule has 2 N–H and O–H groups in total. The molecule has 136 valence electrons. The molecule has 0 unspecified atom stereocenters. The molecule has 2 aromatic rings. The van der Waals surface area contributed by atoms with Gasteiger partial charge in [0, 0.05) is 25.1 Å². The maximum atomic E-state index is 5.35. The topological polar surface area (TPSA) is 62.5 Å². The number of aromatic nitrogens is 1. The van der Waals surface area contributed by atoms with Crippen molar-refractivity contribution in [2.24, 2.45) is 4.99 Å². The normalized spacial score (nSPS) is 12.5. The molecule has 0 bridgehead atoms. The Hall–Kier alpha value is -2.30. The van der Waals surface area contributed by atoms with E-state index in [4.69, 9.17) is 4.52 Å². The summed E-state index contributed by atoms with van der Waals surface area (Å²) in [5.41, 5.74) is 3.55. The number of hydrogen-bond donors (Lipinski definition) is 2. The summed E-state index contributed by atoms with van der Waals surface area (Å²) in [6.07, 6.45) is 0. The van der Waals surface area contributed by atoms with Crippen LogP contribution in [0.5, 0.6) is 0 Å². The minimum absolute atomic E-state index is 0.00235. The Morgan fingerprint density at radius 3 is 2.44 bits per heavy atom. The monoisotopic (exact) mass is 342 g/mol. The third-order valence-corrected chi connectivity index (χ3v) is 4.35. The molecule has 1 heterocycles. The zero-order chi connectivity index (χ0) is 18.4. The molecule has 1 aromatic carbocycles. The first kappa shape index (κ1) is 19.0. The number of aryl methyl sites for hydroxylation is 1. The van der Waals surface area contributed by atoms with Crippen LogP contribution in [0.1, 0.15) is 56.2 Å². The lowest BCUT2D eigenvalue weighted by atomic mass is 9.84. The van der Waals surface area contributed by atoms with E-state index in [9.17, 15) is 0 Å². The molecular formula is C20H30N4O. The first-order valence-corrected chi connectivity index (χ1v) is 8.79. The van der Waals surface area contributed by atoms with Crippen LogP contribution >= 0.6 is 0 Å². The maximum absolute atomic E-state index is 5.35. The lowest BCUT2D eigenvalue weighted by Crippen LogP contribution is -2.43. The van der Waals surface area contributed by atoms with Crippen molar-refractivity contribution >= 4 is 5.96 Å². The van der Waals surface area contributed by atoms with E-state index >= 15 is 0 Å². The Morgan fingerprint density at radius 2 is 1.88 bits per heavy atom. The quantitative estimate of drug-likeness (QED) is 0.620. The lowest BCUT2D eigenvalue weighted by Gasteiger charge is -2.27. The second-order valence-electron chi connectivity index (χ2n) is 7.40. The highest BCUT2D eigenvalue weighted by atomic mass is 16.5. The number of aliphatic imine (C=N–C) groups is 1. The van der Waals surface area contributed by atoms with Crippen LogP contribution in [0.4, 0.5) is 0 Å². The predicted octanol–water partition coefficient (Wildman–Crippen LogP) is 3.75. The molecule has 0 aliphatic heterocycles. The van der Waals surface area contributed by atoms with E-state index in [2.05, 4.69) is 79.7 Å². The van der Waals surface area contributed by atoms with Gasteiger partial charge in [0.05, 0.1) is 12.2 Å².